The van der Waals surface area contributed by atoms with Crippen molar-refractivity contribution in [1.82, 2.24) is 14.9 Å². The minimum Gasteiger partial charge on any atom is -0.362 e. The third kappa shape index (κ3) is 4.18. The Hall–Kier alpha value is -2.14. The van der Waals surface area contributed by atoms with Gasteiger partial charge in [0.1, 0.15) is 5.82 Å². The third-order valence-corrected chi connectivity index (χ3v) is 3.42. The Morgan fingerprint density at radius 3 is 2.36 bits per heavy atom. The number of hydrogen-bond acceptors (Lipinski definition) is 5. The Balaban J connectivity index is 2.26. The number of aromatic nitrogens is 2. The van der Waals surface area contributed by atoms with Gasteiger partial charge in [0.15, 0.2) is 0 Å². The van der Waals surface area contributed by atoms with Gasteiger partial charge in [0.2, 0.25) is 5.95 Å². The van der Waals surface area contributed by atoms with Gasteiger partial charge in [-0.2, -0.15) is 4.98 Å². The zero-order valence-corrected chi connectivity index (χ0v) is 14.0. The van der Waals surface area contributed by atoms with Crippen LogP contribution in [0.25, 0.3) is 0 Å². The summed E-state index contributed by atoms with van der Waals surface area (Å²) in [7, 11) is 8.12. The van der Waals surface area contributed by atoms with Crippen LogP contribution in [-0.4, -0.2) is 49.6 Å². The largest absolute Gasteiger partial charge is 0.362 e. The quantitative estimate of drug-likeness (QED) is 0.888. The van der Waals surface area contributed by atoms with E-state index in [0.717, 1.165) is 17.9 Å². The van der Waals surface area contributed by atoms with Crippen molar-refractivity contribution in [2.75, 3.05) is 45.0 Å². The van der Waals surface area contributed by atoms with Crippen LogP contribution in [0.4, 0.5) is 11.8 Å². The fraction of sp³-hybridized carbons (Fsp3) is 0.412. The molecule has 1 atom stereocenters. The maximum Gasteiger partial charge on any atom is 0.225 e. The molecule has 1 N–H and O–H groups in total. The van der Waals surface area contributed by atoms with Crippen molar-refractivity contribution in [1.29, 1.82) is 0 Å². The van der Waals surface area contributed by atoms with Crippen molar-refractivity contribution in [2.45, 2.75) is 13.0 Å². The lowest BCUT2D eigenvalue weighted by Gasteiger charge is -2.23. The third-order valence-electron chi connectivity index (χ3n) is 3.42. The molecule has 1 aromatic carbocycles. The second-order valence-corrected chi connectivity index (χ2v) is 5.96. The molecular formula is C17H25N5. The highest BCUT2D eigenvalue weighted by atomic mass is 15.2. The van der Waals surface area contributed by atoms with E-state index in [1.165, 1.54) is 5.56 Å². The van der Waals surface area contributed by atoms with Gasteiger partial charge >= 0.3 is 0 Å². The summed E-state index contributed by atoms with van der Waals surface area (Å²) in [5, 5.41) is 3.46. The molecule has 0 amide bonds. The molecule has 0 aliphatic heterocycles. The number of nitrogens with one attached hydrogen (secondary N) is 1. The molecule has 22 heavy (non-hydrogen) atoms. The fourth-order valence-electron chi connectivity index (χ4n) is 2.40. The van der Waals surface area contributed by atoms with Crippen LogP contribution in [0.15, 0.2) is 36.5 Å². The molecular weight excluding hydrogens is 274 g/mol. The summed E-state index contributed by atoms with van der Waals surface area (Å²) in [5.74, 6) is 1.60. The molecule has 118 valence electrons. The molecule has 1 heterocycles. The number of benzene rings is 1. The summed E-state index contributed by atoms with van der Waals surface area (Å²) >= 11 is 0. The van der Waals surface area contributed by atoms with E-state index in [1.807, 2.05) is 38.2 Å². The molecule has 0 aliphatic rings. The molecule has 5 nitrogen and oxygen atoms in total. The first kappa shape index (κ1) is 16.2. The predicted octanol–water partition coefficient (Wildman–Crippen LogP) is 2.57. The summed E-state index contributed by atoms with van der Waals surface area (Å²) in [6.07, 6.45) is 1.86. The monoisotopic (exact) mass is 299 g/mol. The van der Waals surface area contributed by atoms with E-state index in [4.69, 9.17) is 0 Å². The van der Waals surface area contributed by atoms with Crippen molar-refractivity contribution in [3.8, 4) is 0 Å². The maximum atomic E-state index is 4.63. The van der Waals surface area contributed by atoms with E-state index in [-0.39, 0.29) is 6.04 Å². The van der Waals surface area contributed by atoms with Crippen LogP contribution in [0.1, 0.15) is 17.2 Å². The highest BCUT2D eigenvalue weighted by molar-refractivity contribution is 5.48. The second-order valence-electron chi connectivity index (χ2n) is 5.96. The van der Waals surface area contributed by atoms with E-state index in [2.05, 4.69) is 58.5 Å². The van der Waals surface area contributed by atoms with Gasteiger partial charge in [0, 0.05) is 32.4 Å². The summed E-state index contributed by atoms with van der Waals surface area (Å²) in [6.45, 7) is 2.89. The van der Waals surface area contributed by atoms with Gasteiger partial charge in [-0.1, -0.05) is 30.3 Å². The normalized spacial score (nSPS) is 12.3. The Morgan fingerprint density at radius 1 is 1.09 bits per heavy atom. The van der Waals surface area contributed by atoms with Crippen LogP contribution < -0.4 is 10.2 Å². The minimum atomic E-state index is 0.147. The molecule has 0 fully saturated rings. The molecule has 0 bridgehead atoms. The molecule has 5 heteroatoms. The van der Waals surface area contributed by atoms with Gasteiger partial charge in [0.05, 0.1) is 6.04 Å². The van der Waals surface area contributed by atoms with Crippen LogP contribution in [0.2, 0.25) is 0 Å². The predicted molar refractivity (Wildman–Crippen MR) is 92.5 cm³/mol. The number of rotatable bonds is 6. The zero-order chi connectivity index (χ0) is 16.1. The first-order valence-corrected chi connectivity index (χ1v) is 7.44. The average Bonchev–Trinajstić information content (AvgIpc) is 2.48. The Bertz CT molecular complexity index is 595. The lowest BCUT2D eigenvalue weighted by molar-refractivity contribution is 0.386. The molecule has 1 aromatic heterocycles. The van der Waals surface area contributed by atoms with Crippen LogP contribution in [0.5, 0.6) is 0 Å². The topological polar surface area (TPSA) is 44.3 Å². The van der Waals surface area contributed by atoms with Crippen molar-refractivity contribution >= 4 is 11.8 Å². The molecule has 0 spiro atoms. The van der Waals surface area contributed by atoms with Gasteiger partial charge in [-0.25, -0.2) is 4.98 Å². The highest BCUT2D eigenvalue weighted by Gasteiger charge is 2.14. The van der Waals surface area contributed by atoms with Crippen molar-refractivity contribution < 1.29 is 0 Å². The number of anilines is 2. The second kappa shape index (κ2) is 7.22. The van der Waals surface area contributed by atoms with Crippen molar-refractivity contribution in [2.24, 2.45) is 0 Å². The van der Waals surface area contributed by atoms with Gasteiger partial charge in [0.25, 0.3) is 0 Å². The van der Waals surface area contributed by atoms with E-state index < -0.39 is 0 Å². The summed E-state index contributed by atoms with van der Waals surface area (Å²) in [4.78, 5) is 13.2. The molecule has 0 saturated heterocycles. The maximum absolute atomic E-state index is 4.63. The molecule has 2 aromatic rings. The molecule has 1 unspecified atom stereocenters. The van der Waals surface area contributed by atoms with Crippen LogP contribution in [0, 0.1) is 6.92 Å². The first-order valence-electron chi connectivity index (χ1n) is 7.44. The number of hydrogen-bond donors (Lipinski definition) is 1. The lowest BCUT2D eigenvalue weighted by Crippen LogP contribution is -2.26. The van der Waals surface area contributed by atoms with Gasteiger partial charge in [-0.15, -0.1) is 0 Å². The molecule has 2 rings (SSSR count). The number of aryl methyl sites for hydroxylation is 1. The zero-order valence-electron chi connectivity index (χ0n) is 14.0. The average molecular weight is 299 g/mol. The van der Waals surface area contributed by atoms with Crippen LogP contribution >= 0.6 is 0 Å². The highest BCUT2D eigenvalue weighted by Crippen LogP contribution is 2.21. The lowest BCUT2D eigenvalue weighted by atomic mass is 10.1. The van der Waals surface area contributed by atoms with E-state index in [9.17, 15) is 0 Å². The van der Waals surface area contributed by atoms with Crippen molar-refractivity contribution in [3.63, 3.8) is 0 Å². The fourth-order valence-corrected chi connectivity index (χ4v) is 2.40. The van der Waals surface area contributed by atoms with E-state index in [1.54, 1.807) is 0 Å². The standard InChI is InChI=1S/C17H25N5/c1-13-11-18-17(20-16(13)22(4)5)19-15(12-21(2)3)14-9-7-6-8-10-14/h6-11,15H,12H2,1-5H3,(H,18,19,20). The van der Waals surface area contributed by atoms with E-state index in [0.29, 0.717) is 5.95 Å². The summed E-state index contributed by atoms with van der Waals surface area (Å²) in [6, 6.07) is 10.5. The van der Waals surface area contributed by atoms with Gasteiger partial charge in [-0.05, 0) is 26.6 Å². The minimum absolute atomic E-state index is 0.147. The molecule has 0 radical (unpaired) electrons. The first-order chi connectivity index (χ1) is 10.5. The summed E-state index contributed by atoms with van der Waals surface area (Å²) < 4.78 is 0. The Labute approximate surface area is 133 Å². The Morgan fingerprint density at radius 2 is 1.77 bits per heavy atom. The smallest absolute Gasteiger partial charge is 0.225 e. The van der Waals surface area contributed by atoms with Gasteiger partial charge < -0.3 is 15.1 Å². The van der Waals surface area contributed by atoms with E-state index >= 15 is 0 Å². The molecule has 0 saturated carbocycles. The SMILES string of the molecule is Cc1cnc(NC(CN(C)C)c2ccccc2)nc1N(C)C. The van der Waals surface area contributed by atoms with Crippen molar-refractivity contribution in [3.05, 3.63) is 47.7 Å². The summed E-state index contributed by atoms with van der Waals surface area (Å²) in [5.41, 5.74) is 2.30. The molecule has 0 aliphatic carbocycles. The Kier molecular flexibility index (Phi) is 5.33. The number of likely N-dealkylation sites (N-methyl/N-ethyl adjacent to an activating group) is 1. The van der Waals surface area contributed by atoms with Crippen LogP contribution in [-0.2, 0) is 0 Å². The number of nitrogens with zero attached hydrogens (tertiary/aromatic N) is 4. The van der Waals surface area contributed by atoms with Gasteiger partial charge in [-0.3, -0.25) is 0 Å². The van der Waals surface area contributed by atoms with Crippen LogP contribution in [0.3, 0.4) is 0 Å².